The Morgan fingerprint density at radius 1 is 0.841 bits per heavy atom. The van der Waals surface area contributed by atoms with Crippen LogP contribution in [-0.4, -0.2) is 128 Å². The smallest absolute Gasteiger partial charge is 0.351 e. The molecule has 6 heterocycles. The van der Waals surface area contributed by atoms with Crippen molar-refractivity contribution in [3.63, 3.8) is 0 Å². The standard InChI is InChI=1S/C11H16N5O7P.C11H15N5O4/c1-21-7-6(17)11(22-4-24(18,19)20)23-10(7)16-3-15-5-8(12)13-2-14-9(5)16;1-19-8-7(18)5(2-17)20-11(8)16-4-15-6-9(12)13-3-14-10(6)16/h2-3,6-7,10-11,17H,4H2,1H3,(H2,12,13,14)(H2,18,19,20);3-5,7-8,11,17-18H,2H2,1H3,(H2,12,13,14)/t6?,7-,10+,11-;5-,7?,8+,11-/m01/s1. The van der Waals surface area contributed by atoms with Crippen molar-refractivity contribution >= 4 is 41.6 Å². The molecule has 4 aromatic rings. The third kappa shape index (κ3) is 6.07. The van der Waals surface area contributed by atoms with Gasteiger partial charge in [-0.2, -0.15) is 0 Å². The lowest BCUT2D eigenvalue weighted by molar-refractivity contribution is -0.167. The molecule has 6 rings (SSSR count). The van der Waals surface area contributed by atoms with E-state index >= 15 is 0 Å². The molecule has 0 saturated carbocycles. The number of hydrogen-bond acceptors (Lipinski definition) is 17. The Balaban J connectivity index is 0.000000177. The number of aliphatic hydroxyl groups excluding tert-OH is 3. The molecule has 8 atom stereocenters. The number of hydrogen-bond donors (Lipinski definition) is 7. The fraction of sp³-hybridized carbons (Fsp3) is 0.545. The summed E-state index contributed by atoms with van der Waals surface area (Å²) in [5.74, 6) is 0.445. The van der Waals surface area contributed by atoms with E-state index < -0.39 is 63.2 Å². The average molecular weight is 643 g/mol. The van der Waals surface area contributed by atoms with Crippen LogP contribution in [0.25, 0.3) is 22.3 Å². The Bertz CT molecular complexity index is 1630. The third-order valence-electron chi connectivity index (χ3n) is 6.94. The van der Waals surface area contributed by atoms with Crippen LogP contribution in [0.2, 0.25) is 0 Å². The molecule has 4 aromatic heterocycles. The maximum atomic E-state index is 10.9. The van der Waals surface area contributed by atoms with Crippen LogP contribution in [0.5, 0.6) is 0 Å². The highest BCUT2D eigenvalue weighted by atomic mass is 31.2. The van der Waals surface area contributed by atoms with Crippen molar-refractivity contribution in [1.29, 1.82) is 0 Å². The summed E-state index contributed by atoms with van der Waals surface area (Å²) in [5, 5.41) is 29.5. The maximum Gasteiger partial charge on any atom is 0.351 e. The number of methoxy groups -OCH3 is 2. The zero-order valence-electron chi connectivity index (χ0n) is 23.2. The van der Waals surface area contributed by atoms with Gasteiger partial charge in [0.25, 0.3) is 0 Å². The highest BCUT2D eigenvalue weighted by Gasteiger charge is 2.47. The van der Waals surface area contributed by atoms with Crippen molar-refractivity contribution < 1.29 is 53.4 Å². The molecule has 0 spiro atoms. The summed E-state index contributed by atoms with van der Waals surface area (Å²) in [6.07, 6.45) is -2.68. The first kappa shape index (κ1) is 31.9. The minimum atomic E-state index is -4.41. The molecule has 2 aliphatic heterocycles. The van der Waals surface area contributed by atoms with Crippen LogP contribution >= 0.6 is 7.60 Å². The fourth-order valence-corrected chi connectivity index (χ4v) is 5.21. The second-order valence-electron chi connectivity index (χ2n) is 9.65. The number of anilines is 2. The number of ether oxygens (including phenoxy) is 5. The third-order valence-corrected chi connectivity index (χ3v) is 7.42. The molecule has 44 heavy (non-hydrogen) atoms. The number of nitrogen functional groups attached to an aromatic ring is 2. The van der Waals surface area contributed by atoms with E-state index in [1.165, 1.54) is 44.1 Å². The average Bonchev–Trinajstić information content (AvgIpc) is 3.75. The quantitative estimate of drug-likeness (QED) is 0.0974. The molecule has 0 radical (unpaired) electrons. The summed E-state index contributed by atoms with van der Waals surface area (Å²) in [4.78, 5) is 41.9. The number of nitrogens with two attached hydrogens (primary N) is 2. The summed E-state index contributed by atoms with van der Waals surface area (Å²) >= 11 is 0. The van der Waals surface area contributed by atoms with Gasteiger partial charge in [-0.3, -0.25) is 13.7 Å². The highest BCUT2D eigenvalue weighted by Crippen LogP contribution is 2.39. The predicted molar refractivity (Wildman–Crippen MR) is 146 cm³/mol. The van der Waals surface area contributed by atoms with Crippen LogP contribution in [0, 0.1) is 0 Å². The highest BCUT2D eigenvalue weighted by molar-refractivity contribution is 7.51. The van der Waals surface area contributed by atoms with Gasteiger partial charge in [-0.1, -0.05) is 0 Å². The summed E-state index contributed by atoms with van der Waals surface area (Å²) in [5.41, 5.74) is 13.1. The van der Waals surface area contributed by atoms with E-state index in [0.717, 1.165) is 0 Å². The van der Waals surface area contributed by atoms with Crippen molar-refractivity contribution in [1.82, 2.24) is 39.0 Å². The lowest BCUT2D eigenvalue weighted by Gasteiger charge is -2.19. The van der Waals surface area contributed by atoms with Gasteiger partial charge < -0.3 is 60.3 Å². The fourth-order valence-electron chi connectivity index (χ4n) is 4.87. The molecule has 22 heteroatoms. The molecule has 0 amide bonds. The largest absolute Gasteiger partial charge is 0.394 e. The first-order valence-electron chi connectivity index (χ1n) is 12.8. The van der Waals surface area contributed by atoms with Gasteiger partial charge in [0.05, 0.1) is 19.3 Å². The summed E-state index contributed by atoms with van der Waals surface area (Å²) < 4.78 is 40.6. The van der Waals surface area contributed by atoms with Gasteiger partial charge in [0.2, 0.25) is 0 Å². The zero-order chi connectivity index (χ0) is 31.8. The Morgan fingerprint density at radius 2 is 1.34 bits per heavy atom. The van der Waals surface area contributed by atoms with Gasteiger partial charge in [0, 0.05) is 14.2 Å². The molecule has 240 valence electrons. The number of aromatic nitrogens is 8. The van der Waals surface area contributed by atoms with Crippen LogP contribution in [-0.2, 0) is 28.2 Å². The van der Waals surface area contributed by atoms with E-state index in [2.05, 4.69) is 29.9 Å². The molecule has 2 fully saturated rings. The van der Waals surface area contributed by atoms with Crippen LogP contribution in [0.4, 0.5) is 11.6 Å². The zero-order valence-corrected chi connectivity index (χ0v) is 24.1. The topological polar surface area (TPSA) is 304 Å². The summed E-state index contributed by atoms with van der Waals surface area (Å²) in [7, 11) is -1.58. The van der Waals surface area contributed by atoms with E-state index in [9.17, 15) is 19.9 Å². The molecule has 0 bridgehead atoms. The second kappa shape index (κ2) is 12.9. The van der Waals surface area contributed by atoms with E-state index in [-0.39, 0.29) is 18.2 Å². The first-order chi connectivity index (χ1) is 21.0. The lowest BCUT2D eigenvalue weighted by atomic mass is 10.1. The van der Waals surface area contributed by atoms with Crippen molar-refractivity contribution in [3.05, 3.63) is 25.3 Å². The second-order valence-corrected chi connectivity index (χ2v) is 11.2. The van der Waals surface area contributed by atoms with Gasteiger partial charge in [0.1, 0.15) is 54.2 Å². The Morgan fingerprint density at radius 3 is 1.82 bits per heavy atom. The number of rotatable bonds is 8. The number of fused-ring (bicyclic) bond motifs is 2. The molecule has 2 aliphatic rings. The minimum Gasteiger partial charge on any atom is -0.394 e. The maximum absolute atomic E-state index is 10.9. The number of nitrogens with zero attached hydrogens (tertiary/aromatic N) is 8. The molecule has 9 N–H and O–H groups in total. The minimum absolute atomic E-state index is 0.181. The Hall–Kier alpha value is -3.47. The predicted octanol–water partition coefficient (Wildman–Crippen LogP) is -2.53. The van der Waals surface area contributed by atoms with Gasteiger partial charge in [-0.15, -0.1) is 0 Å². The van der Waals surface area contributed by atoms with E-state index in [0.29, 0.717) is 22.3 Å². The molecule has 2 saturated heterocycles. The van der Waals surface area contributed by atoms with Crippen molar-refractivity contribution in [2.75, 3.05) is 38.6 Å². The molecular weight excluding hydrogens is 611 g/mol. The van der Waals surface area contributed by atoms with Crippen LogP contribution in [0.1, 0.15) is 12.5 Å². The van der Waals surface area contributed by atoms with Crippen molar-refractivity contribution in [3.8, 4) is 0 Å². The normalized spacial score (nSPS) is 28.9. The van der Waals surface area contributed by atoms with Gasteiger partial charge >= 0.3 is 7.60 Å². The molecule has 0 aromatic carbocycles. The molecule has 0 aliphatic carbocycles. The van der Waals surface area contributed by atoms with Crippen LogP contribution in [0.3, 0.4) is 0 Å². The van der Waals surface area contributed by atoms with Crippen LogP contribution in [0.15, 0.2) is 25.3 Å². The first-order valence-corrected chi connectivity index (χ1v) is 14.6. The van der Waals surface area contributed by atoms with E-state index in [4.69, 9.17) is 44.9 Å². The Kier molecular flexibility index (Phi) is 9.34. The van der Waals surface area contributed by atoms with Crippen LogP contribution < -0.4 is 11.5 Å². The number of imidazole rings is 2. The Labute approximate surface area is 247 Å². The van der Waals surface area contributed by atoms with E-state index in [1.807, 2.05) is 0 Å². The van der Waals surface area contributed by atoms with Gasteiger partial charge in [-0.05, 0) is 0 Å². The van der Waals surface area contributed by atoms with Gasteiger partial charge in [0.15, 0.2) is 48.0 Å². The molecular formula is C22H31N10O11P. The van der Waals surface area contributed by atoms with Crippen molar-refractivity contribution in [2.45, 2.75) is 49.3 Å². The molecule has 2 unspecified atom stereocenters. The van der Waals surface area contributed by atoms with E-state index in [1.54, 1.807) is 4.57 Å². The van der Waals surface area contributed by atoms with Gasteiger partial charge in [-0.25, -0.2) is 29.9 Å². The summed E-state index contributed by atoms with van der Waals surface area (Å²) in [6.45, 7) is -0.304. The summed E-state index contributed by atoms with van der Waals surface area (Å²) in [6, 6.07) is 0. The number of aliphatic hydroxyl groups is 3. The monoisotopic (exact) mass is 642 g/mol. The lowest BCUT2D eigenvalue weighted by Crippen LogP contribution is -2.34. The molecule has 21 nitrogen and oxygen atoms in total. The SMILES string of the molecule is CO[C@H]1C(O)[C@@H](CO)O[C@H]1n1cnc2c(N)ncnc21.CO[C@H]1C(O)[C@@H](OCP(=O)(O)O)O[C@H]1n1cnc2c(N)ncnc21. The van der Waals surface area contributed by atoms with Crippen molar-refractivity contribution in [2.24, 2.45) is 0 Å².